The predicted octanol–water partition coefficient (Wildman–Crippen LogP) is 3.43. The molecule has 2 aromatic rings. The van der Waals surface area contributed by atoms with Gasteiger partial charge in [-0.2, -0.15) is 5.26 Å². The Morgan fingerprint density at radius 2 is 1.84 bits per heavy atom. The summed E-state index contributed by atoms with van der Waals surface area (Å²) in [6, 6.07) is 14.6. The van der Waals surface area contributed by atoms with Gasteiger partial charge in [-0.1, -0.05) is 24.3 Å². The molecule has 0 aliphatic heterocycles. The van der Waals surface area contributed by atoms with Crippen LogP contribution in [0.15, 0.2) is 42.5 Å². The number of nitrogens with one attached hydrogen (secondary N) is 1. The molecule has 19 heavy (non-hydrogen) atoms. The molecule has 0 fully saturated rings. The van der Waals surface area contributed by atoms with Crippen LogP contribution in [0.5, 0.6) is 0 Å². The summed E-state index contributed by atoms with van der Waals surface area (Å²) < 4.78 is 0. The zero-order chi connectivity index (χ0) is 13.8. The molecule has 2 rings (SSSR count). The second-order valence-electron chi connectivity index (χ2n) is 4.36. The number of para-hydroxylation sites is 1. The van der Waals surface area contributed by atoms with Crippen LogP contribution in [-0.2, 0) is 0 Å². The molecular formula is C16H14N2O. The van der Waals surface area contributed by atoms with Crippen LogP contribution in [0.1, 0.15) is 27.0 Å². The second kappa shape index (κ2) is 5.36. The number of aryl methyl sites for hydroxylation is 1. The summed E-state index contributed by atoms with van der Waals surface area (Å²) in [5.74, 6) is -0.191. The van der Waals surface area contributed by atoms with Crippen LogP contribution in [0.4, 0.5) is 5.69 Å². The monoisotopic (exact) mass is 250 g/mol. The smallest absolute Gasteiger partial charge is 0.255 e. The molecule has 0 aliphatic rings. The van der Waals surface area contributed by atoms with Gasteiger partial charge in [-0.15, -0.1) is 0 Å². The highest BCUT2D eigenvalue weighted by Crippen LogP contribution is 2.17. The quantitative estimate of drug-likeness (QED) is 0.887. The lowest BCUT2D eigenvalue weighted by Crippen LogP contribution is -2.14. The number of nitrogens with zero attached hydrogens (tertiary/aromatic N) is 1. The Morgan fingerprint density at radius 1 is 1.11 bits per heavy atom. The maximum Gasteiger partial charge on any atom is 0.255 e. The molecule has 0 saturated carbocycles. The number of hydrogen-bond acceptors (Lipinski definition) is 2. The van der Waals surface area contributed by atoms with Crippen molar-refractivity contribution in [1.82, 2.24) is 0 Å². The molecular weight excluding hydrogens is 236 g/mol. The van der Waals surface area contributed by atoms with Crippen LogP contribution in [0.3, 0.4) is 0 Å². The van der Waals surface area contributed by atoms with Gasteiger partial charge >= 0.3 is 0 Å². The molecule has 0 unspecified atom stereocenters. The average molecular weight is 250 g/mol. The molecule has 0 aromatic heterocycles. The molecule has 0 heterocycles. The van der Waals surface area contributed by atoms with Crippen molar-refractivity contribution in [3.8, 4) is 6.07 Å². The Morgan fingerprint density at radius 3 is 2.58 bits per heavy atom. The first-order valence-electron chi connectivity index (χ1n) is 6.00. The van der Waals surface area contributed by atoms with Gasteiger partial charge in [-0.05, 0) is 43.2 Å². The third-order valence-electron chi connectivity index (χ3n) is 3.14. The van der Waals surface area contributed by atoms with Gasteiger partial charge in [0.2, 0.25) is 0 Å². The minimum atomic E-state index is -0.191. The van der Waals surface area contributed by atoms with E-state index in [0.29, 0.717) is 16.8 Å². The van der Waals surface area contributed by atoms with Gasteiger partial charge in [-0.25, -0.2) is 0 Å². The normalized spacial score (nSPS) is 9.74. The van der Waals surface area contributed by atoms with Gasteiger partial charge in [-0.3, -0.25) is 4.79 Å². The number of benzene rings is 2. The Labute approximate surface area is 112 Å². The first-order chi connectivity index (χ1) is 9.13. The molecule has 94 valence electrons. The zero-order valence-electron chi connectivity index (χ0n) is 10.9. The highest BCUT2D eigenvalue weighted by atomic mass is 16.1. The van der Waals surface area contributed by atoms with Gasteiger partial charge in [0, 0.05) is 5.56 Å². The highest BCUT2D eigenvalue weighted by Gasteiger charge is 2.11. The van der Waals surface area contributed by atoms with E-state index in [4.69, 9.17) is 5.26 Å². The van der Waals surface area contributed by atoms with Crippen LogP contribution in [0.2, 0.25) is 0 Å². The summed E-state index contributed by atoms with van der Waals surface area (Å²) in [7, 11) is 0. The van der Waals surface area contributed by atoms with Crippen LogP contribution in [-0.4, -0.2) is 5.91 Å². The van der Waals surface area contributed by atoms with Crippen LogP contribution < -0.4 is 5.32 Å². The Balaban J connectivity index is 2.32. The summed E-state index contributed by atoms with van der Waals surface area (Å²) >= 11 is 0. The standard InChI is InChI=1S/C16H14N2O/c1-11-6-5-8-14(12(11)2)16(19)18-15-9-4-3-7-13(15)10-17/h3-9H,1-2H3,(H,18,19). The summed E-state index contributed by atoms with van der Waals surface area (Å²) in [6.07, 6.45) is 0. The number of rotatable bonds is 2. The third kappa shape index (κ3) is 2.63. The van der Waals surface area contributed by atoms with Crippen molar-refractivity contribution in [2.45, 2.75) is 13.8 Å². The SMILES string of the molecule is Cc1cccc(C(=O)Nc2ccccc2C#N)c1C. The van der Waals surface area contributed by atoms with Gasteiger partial charge in [0.25, 0.3) is 5.91 Å². The maximum absolute atomic E-state index is 12.2. The largest absolute Gasteiger partial charge is 0.321 e. The minimum Gasteiger partial charge on any atom is -0.321 e. The van der Waals surface area contributed by atoms with E-state index in [1.54, 1.807) is 30.3 Å². The lowest BCUT2D eigenvalue weighted by molar-refractivity contribution is 0.102. The van der Waals surface area contributed by atoms with Crippen molar-refractivity contribution < 1.29 is 4.79 Å². The molecule has 1 N–H and O–H groups in total. The number of carbonyl (C=O) groups excluding carboxylic acids is 1. The van der Waals surface area contributed by atoms with Crippen LogP contribution in [0.25, 0.3) is 0 Å². The fourth-order valence-electron chi connectivity index (χ4n) is 1.88. The molecule has 3 heteroatoms. The lowest BCUT2D eigenvalue weighted by Gasteiger charge is -2.10. The van der Waals surface area contributed by atoms with Gasteiger partial charge < -0.3 is 5.32 Å². The molecule has 0 aliphatic carbocycles. The van der Waals surface area contributed by atoms with Crippen molar-refractivity contribution in [3.63, 3.8) is 0 Å². The van der Waals surface area contributed by atoms with E-state index < -0.39 is 0 Å². The van der Waals surface area contributed by atoms with E-state index in [1.807, 2.05) is 26.0 Å². The Bertz CT molecular complexity index is 669. The minimum absolute atomic E-state index is 0.191. The first-order valence-corrected chi connectivity index (χ1v) is 6.00. The number of hydrogen-bond donors (Lipinski definition) is 1. The summed E-state index contributed by atoms with van der Waals surface area (Å²) in [5.41, 5.74) is 3.65. The molecule has 1 amide bonds. The van der Waals surface area contributed by atoms with E-state index >= 15 is 0 Å². The Kier molecular flexibility index (Phi) is 3.63. The predicted molar refractivity (Wildman–Crippen MR) is 75.0 cm³/mol. The lowest BCUT2D eigenvalue weighted by atomic mass is 10.0. The van der Waals surface area contributed by atoms with Crippen molar-refractivity contribution in [2.24, 2.45) is 0 Å². The molecule has 0 spiro atoms. The van der Waals surface area contributed by atoms with Crippen molar-refractivity contribution in [1.29, 1.82) is 5.26 Å². The molecule has 0 bridgehead atoms. The van der Waals surface area contributed by atoms with E-state index in [1.165, 1.54) is 0 Å². The molecule has 0 radical (unpaired) electrons. The average Bonchev–Trinajstić information content (AvgIpc) is 2.42. The van der Waals surface area contributed by atoms with Crippen LogP contribution >= 0.6 is 0 Å². The fraction of sp³-hybridized carbons (Fsp3) is 0.125. The number of carbonyl (C=O) groups is 1. The Hall–Kier alpha value is -2.60. The topological polar surface area (TPSA) is 52.9 Å². The first kappa shape index (κ1) is 12.8. The van der Waals surface area contributed by atoms with E-state index in [2.05, 4.69) is 11.4 Å². The maximum atomic E-state index is 12.2. The highest BCUT2D eigenvalue weighted by molar-refractivity contribution is 6.06. The summed E-state index contributed by atoms with van der Waals surface area (Å²) in [5, 5.41) is 11.8. The van der Waals surface area contributed by atoms with Crippen LogP contribution in [0, 0.1) is 25.2 Å². The van der Waals surface area contributed by atoms with Crippen molar-refractivity contribution >= 4 is 11.6 Å². The second-order valence-corrected chi connectivity index (χ2v) is 4.36. The van der Waals surface area contributed by atoms with Crippen molar-refractivity contribution in [3.05, 3.63) is 64.7 Å². The fourth-order valence-corrected chi connectivity index (χ4v) is 1.88. The van der Waals surface area contributed by atoms with E-state index in [-0.39, 0.29) is 5.91 Å². The number of nitriles is 1. The summed E-state index contributed by atoms with van der Waals surface area (Å²) in [4.78, 5) is 12.2. The van der Waals surface area contributed by atoms with Gasteiger partial charge in [0.1, 0.15) is 6.07 Å². The van der Waals surface area contributed by atoms with Crippen molar-refractivity contribution in [2.75, 3.05) is 5.32 Å². The number of anilines is 1. The molecule has 3 nitrogen and oxygen atoms in total. The third-order valence-corrected chi connectivity index (χ3v) is 3.14. The number of amides is 1. The van der Waals surface area contributed by atoms with E-state index in [0.717, 1.165) is 11.1 Å². The van der Waals surface area contributed by atoms with Gasteiger partial charge in [0.15, 0.2) is 0 Å². The molecule has 0 saturated heterocycles. The molecule has 0 atom stereocenters. The zero-order valence-corrected chi connectivity index (χ0v) is 10.9. The van der Waals surface area contributed by atoms with Gasteiger partial charge in [0.05, 0.1) is 11.3 Å². The van der Waals surface area contributed by atoms with E-state index in [9.17, 15) is 4.79 Å². The molecule has 2 aromatic carbocycles. The summed E-state index contributed by atoms with van der Waals surface area (Å²) in [6.45, 7) is 3.88.